The van der Waals surface area contributed by atoms with E-state index >= 15 is 0 Å². The molecule has 0 spiro atoms. The lowest BCUT2D eigenvalue weighted by Gasteiger charge is -2.00. The number of ether oxygens (including phenoxy) is 1. The second-order valence-electron chi connectivity index (χ2n) is 2.17. The van der Waals surface area contributed by atoms with Gasteiger partial charge in [-0.25, -0.2) is 0 Å². The molecular weight excluding hydrogens is 158 g/mol. The van der Waals surface area contributed by atoms with Gasteiger partial charge in [0.15, 0.2) is 12.0 Å². The van der Waals surface area contributed by atoms with Gasteiger partial charge in [-0.3, -0.25) is 9.59 Å². The smallest absolute Gasteiger partial charge is 0.224 e. The van der Waals surface area contributed by atoms with Gasteiger partial charge in [-0.15, -0.1) is 0 Å². The molecule has 64 valence electrons. The zero-order chi connectivity index (χ0) is 8.97. The Morgan fingerprint density at radius 1 is 1.67 bits per heavy atom. The number of hydrogen-bond acceptors (Lipinski definition) is 3. The molecule has 0 unspecified atom stereocenters. The first-order valence-corrected chi connectivity index (χ1v) is 3.58. The highest BCUT2D eigenvalue weighted by molar-refractivity contribution is 5.71. The molecule has 0 saturated heterocycles. The van der Waals surface area contributed by atoms with E-state index in [0.29, 0.717) is 12.9 Å². The van der Waals surface area contributed by atoms with E-state index in [2.05, 4.69) is 4.98 Å². The molecule has 1 heterocycles. The van der Waals surface area contributed by atoms with Crippen molar-refractivity contribution in [2.24, 2.45) is 0 Å². The van der Waals surface area contributed by atoms with Gasteiger partial charge < -0.3 is 9.72 Å². The van der Waals surface area contributed by atoms with Crippen molar-refractivity contribution in [2.75, 3.05) is 6.61 Å². The summed E-state index contributed by atoms with van der Waals surface area (Å²) in [5.74, 6) is 0.239. The zero-order valence-corrected chi connectivity index (χ0v) is 6.66. The van der Waals surface area contributed by atoms with Crippen LogP contribution in [0, 0.1) is 0 Å². The Balaban J connectivity index is 3.03. The average molecular weight is 167 g/mol. The average Bonchev–Trinajstić information content (AvgIpc) is 2.09. The topological polar surface area (TPSA) is 59.2 Å². The van der Waals surface area contributed by atoms with Gasteiger partial charge in [0.25, 0.3) is 0 Å². The Morgan fingerprint density at radius 3 is 2.92 bits per heavy atom. The first kappa shape index (κ1) is 8.52. The van der Waals surface area contributed by atoms with E-state index in [4.69, 9.17) is 4.74 Å². The van der Waals surface area contributed by atoms with Crippen LogP contribution >= 0.6 is 0 Å². The lowest BCUT2D eigenvalue weighted by atomic mass is 10.3. The third kappa shape index (κ3) is 1.72. The Kier molecular flexibility index (Phi) is 2.63. The number of aromatic nitrogens is 1. The molecule has 1 aromatic rings. The summed E-state index contributed by atoms with van der Waals surface area (Å²) in [4.78, 5) is 23.9. The van der Waals surface area contributed by atoms with Crippen LogP contribution in [0.3, 0.4) is 0 Å². The van der Waals surface area contributed by atoms with E-state index in [1.807, 2.05) is 0 Å². The fourth-order valence-electron chi connectivity index (χ4n) is 0.810. The van der Waals surface area contributed by atoms with E-state index in [1.165, 1.54) is 12.3 Å². The molecule has 0 fully saturated rings. The minimum atomic E-state index is -0.280. The van der Waals surface area contributed by atoms with Crippen LogP contribution < -0.4 is 10.2 Å². The predicted molar refractivity (Wildman–Crippen MR) is 43.6 cm³/mol. The van der Waals surface area contributed by atoms with E-state index in [9.17, 15) is 9.59 Å². The molecule has 0 aliphatic carbocycles. The molecule has 0 bridgehead atoms. The molecule has 12 heavy (non-hydrogen) atoms. The van der Waals surface area contributed by atoms with Crippen LogP contribution in [0.4, 0.5) is 0 Å². The zero-order valence-electron chi connectivity index (χ0n) is 6.66. The van der Waals surface area contributed by atoms with Gasteiger partial charge in [-0.2, -0.15) is 0 Å². The minimum Gasteiger partial charge on any atom is -0.488 e. The van der Waals surface area contributed by atoms with Crippen molar-refractivity contribution >= 4 is 6.29 Å². The summed E-state index contributed by atoms with van der Waals surface area (Å²) < 4.78 is 4.98. The Bertz CT molecular complexity index is 329. The van der Waals surface area contributed by atoms with Crippen molar-refractivity contribution in [1.29, 1.82) is 0 Å². The molecule has 0 radical (unpaired) electrons. The molecule has 0 aliphatic rings. The molecule has 0 aliphatic heterocycles. The SMILES string of the molecule is CCOc1c[nH]c(C=O)cc1=O. The Labute approximate surface area is 69.2 Å². The van der Waals surface area contributed by atoms with Crippen molar-refractivity contribution in [3.63, 3.8) is 0 Å². The fourth-order valence-corrected chi connectivity index (χ4v) is 0.810. The molecule has 0 atom stereocenters. The first-order valence-electron chi connectivity index (χ1n) is 3.58. The molecule has 1 aromatic heterocycles. The maximum Gasteiger partial charge on any atom is 0.224 e. The summed E-state index contributed by atoms with van der Waals surface area (Å²) in [5.41, 5.74) is -0.0267. The molecule has 0 saturated carbocycles. The van der Waals surface area contributed by atoms with Crippen molar-refractivity contribution in [1.82, 2.24) is 4.98 Å². The highest BCUT2D eigenvalue weighted by Crippen LogP contribution is 1.99. The largest absolute Gasteiger partial charge is 0.488 e. The third-order valence-electron chi connectivity index (χ3n) is 1.33. The number of carbonyl (C=O) groups is 1. The minimum absolute atomic E-state index is 0.239. The van der Waals surface area contributed by atoms with Gasteiger partial charge >= 0.3 is 0 Å². The lowest BCUT2D eigenvalue weighted by molar-refractivity contribution is 0.111. The lowest BCUT2D eigenvalue weighted by Crippen LogP contribution is -2.08. The molecule has 1 rings (SSSR count). The number of H-pyrrole nitrogens is 1. The van der Waals surface area contributed by atoms with Crippen LogP contribution in [0.1, 0.15) is 17.4 Å². The number of hydrogen-bond donors (Lipinski definition) is 1. The van der Waals surface area contributed by atoms with Gasteiger partial charge in [-0.1, -0.05) is 0 Å². The number of aldehydes is 1. The first-order chi connectivity index (χ1) is 5.77. The van der Waals surface area contributed by atoms with Crippen LogP contribution in [0.15, 0.2) is 17.1 Å². The van der Waals surface area contributed by atoms with Crippen molar-refractivity contribution in [3.8, 4) is 5.75 Å². The van der Waals surface area contributed by atoms with Gasteiger partial charge in [0, 0.05) is 12.3 Å². The fraction of sp³-hybridized carbons (Fsp3) is 0.250. The number of nitrogens with one attached hydrogen (secondary N) is 1. The normalized spacial score (nSPS) is 9.42. The quantitative estimate of drug-likeness (QED) is 0.670. The van der Waals surface area contributed by atoms with Gasteiger partial charge in [0.1, 0.15) is 0 Å². The van der Waals surface area contributed by atoms with Gasteiger partial charge in [-0.05, 0) is 6.92 Å². The molecule has 1 N–H and O–H groups in total. The van der Waals surface area contributed by atoms with E-state index < -0.39 is 0 Å². The monoisotopic (exact) mass is 167 g/mol. The van der Waals surface area contributed by atoms with Crippen LogP contribution in [0.5, 0.6) is 5.75 Å². The predicted octanol–water partition coefficient (Wildman–Crippen LogP) is 0.586. The second-order valence-corrected chi connectivity index (χ2v) is 2.17. The summed E-state index contributed by atoms with van der Waals surface area (Å²) >= 11 is 0. The number of pyridine rings is 1. The number of rotatable bonds is 3. The summed E-state index contributed by atoms with van der Waals surface area (Å²) in [7, 11) is 0. The highest BCUT2D eigenvalue weighted by Gasteiger charge is 1.99. The van der Waals surface area contributed by atoms with Crippen molar-refractivity contribution in [3.05, 3.63) is 28.2 Å². The summed E-state index contributed by atoms with van der Waals surface area (Å²) in [6, 6.07) is 1.21. The maximum atomic E-state index is 11.1. The van der Waals surface area contributed by atoms with Gasteiger partial charge in [0.2, 0.25) is 5.43 Å². The summed E-state index contributed by atoms with van der Waals surface area (Å²) in [6.45, 7) is 2.22. The number of carbonyl (C=O) groups excluding carboxylic acids is 1. The highest BCUT2D eigenvalue weighted by atomic mass is 16.5. The summed E-state index contributed by atoms with van der Waals surface area (Å²) in [6.07, 6.45) is 1.96. The Morgan fingerprint density at radius 2 is 2.42 bits per heavy atom. The van der Waals surface area contributed by atoms with E-state index in [0.717, 1.165) is 0 Å². The van der Waals surface area contributed by atoms with Crippen LogP contribution in [0.25, 0.3) is 0 Å². The molecular formula is C8H9NO3. The standard InChI is InChI=1S/C8H9NO3/c1-2-12-8-4-9-6(5-10)3-7(8)11/h3-5H,2H2,1H3,(H,9,11). The van der Waals surface area contributed by atoms with Crippen molar-refractivity contribution in [2.45, 2.75) is 6.92 Å². The molecule has 4 heteroatoms. The number of aromatic amines is 1. The van der Waals surface area contributed by atoms with Crippen LogP contribution in [0.2, 0.25) is 0 Å². The van der Waals surface area contributed by atoms with Crippen molar-refractivity contribution < 1.29 is 9.53 Å². The summed E-state index contributed by atoms with van der Waals surface area (Å²) in [5, 5.41) is 0. The van der Waals surface area contributed by atoms with Gasteiger partial charge in [0.05, 0.1) is 12.3 Å². The molecule has 0 amide bonds. The second kappa shape index (κ2) is 3.71. The third-order valence-corrected chi connectivity index (χ3v) is 1.33. The maximum absolute atomic E-state index is 11.1. The Hall–Kier alpha value is -1.58. The molecule has 0 aromatic carbocycles. The molecule has 4 nitrogen and oxygen atoms in total. The van der Waals surface area contributed by atoms with Crippen LogP contribution in [-0.2, 0) is 0 Å². The van der Waals surface area contributed by atoms with Crippen LogP contribution in [-0.4, -0.2) is 17.9 Å². The van der Waals surface area contributed by atoms with E-state index in [-0.39, 0.29) is 16.9 Å². The van der Waals surface area contributed by atoms with E-state index in [1.54, 1.807) is 6.92 Å².